The number of hydrogen-bond acceptors (Lipinski definition) is 5. The molecule has 26 heavy (non-hydrogen) atoms. The third kappa shape index (κ3) is 3.55. The van der Waals surface area contributed by atoms with Gasteiger partial charge < -0.3 is 15.2 Å². The number of nitrogens with zero attached hydrogens (tertiary/aromatic N) is 3. The monoisotopic (exact) mass is 360 g/mol. The molecule has 140 valence electrons. The number of nitrogens with one attached hydrogen (secondary N) is 1. The third-order valence-corrected chi connectivity index (χ3v) is 4.75. The first-order valence-corrected chi connectivity index (χ1v) is 8.78. The Morgan fingerprint density at radius 3 is 2.69 bits per heavy atom. The Hall–Kier alpha value is -2.48. The molecule has 0 atom stereocenters. The average molecular weight is 360 g/mol. The van der Waals surface area contributed by atoms with Gasteiger partial charge in [0.2, 0.25) is 0 Å². The van der Waals surface area contributed by atoms with Crippen molar-refractivity contribution in [2.75, 3.05) is 13.2 Å². The van der Waals surface area contributed by atoms with E-state index in [1.165, 1.54) is 0 Å². The minimum atomic E-state index is -0.934. The Labute approximate surface area is 151 Å². The van der Waals surface area contributed by atoms with Crippen molar-refractivity contribution in [2.45, 2.75) is 51.6 Å². The summed E-state index contributed by atoms with van der Waals surface area (Å²) in [6, 6.07) is 1.84. The van der Waals surface area contributed by atoms with Gasteiger partial charge in [-0.25, -0.2) is 9.67 Å². The normalized spacial score (nSPS) is 16.8. The summed E-state index contributed by atoms with van der Waals surface area (Å²) >= 11 is 0. The van der Waals surface area contributed by atoms with Crippen molar-refractivity contribution < 1.29 is 19.4 Å². The molecule has 8 nitrogen and oxygen atoms in total. The van der Waals surface area contributed by atoms with Crippen LogP contribution >= 0.6 is 0 Å². The van der Waals surface area contributed by atoms with E-state index in [0.717, 1.165) is 0 Å². The Morgan fingerprint density at radius 1 is 1.38 bits per heavy atom. The van der Waals surface area contributed by atoms with Gasteiger partial charge in [0.15, 0.2) is 5.65 Å². The Kier molecular flexibility index (Phi) is 4.95. The molecule has 1 amide bonds. The molecule has 1 aliphatic rings. The topological polar surface area (TPSA) is 106 Å². The Bertz CT molecular complexity index is 837. The van der Waals surface area contributed by atoms with E-state index in [2.05, 4.69) is 15.4 Å². The molecule has 0 bridgehead atoms. The molecule has 0 saturated carbocycles. The van der Waals surface area contributed by atoms with Crippen LogP contribution in [0.5, 0.6) is 0 Å². The number of amides is 1. The number of aromatic nitrogens is 3. The minimum absolute atomic E-state index is 0.117. The van der Waals surface area contributed by atoms with E-state index in [9.17, 15) is 14.7 Å². The van der Waals surface area contributed by atoms with E-state index >= 15 is 0 Å². The molecule has 3 rings (SSSR count). The fourth-order valence-electron chi connectivity index (χ4n) is 3.41. The summed E-state index contributed by atoms with van der Waals surface area (Å²) < 4.78 is 7.12. The third-order valence-electron chi connectivity index (χ3n) is 4.75. The summed E-state index contributed by atoms with van der Waals surface area (Å²) in [6.07, 6.45) is 2.47. The fraction of sp³-hybridized carbons (Fsp3) is 0.556. The summed E-state index contributed by atoms with van der Waals surface area (Å²) in [7, 11) is 0. The van der Waals surface area contributed by atoms with Crippen molar-refractivity contribution in [3.8, 4) is 0 Å². The van der Waals surface area contributed by atoms with Crippen LogP contribution in [-0.4, -0.2) is 50.5 Å². The number of rotatable bonds is 5. The van der Waals surface area contributed by atoms with Crippen LogP contribution in [-0.2, 0) is 9.53 Å². The smallest absolute Gasteiger partial charge is 0.305 e. The first-order valence-electron chi connectivity index (χ1n) is 8.78. The van der Waals surface area contributed by atoms with Gasteiger partial charge in [-0.3, -0.25) is 9.59 Å². The van der Waals surface area contributed by atoms with E-state index in [0.29, 0.717) is 48.3 Å². The second kappa shape index (κ2) is 7.03. The van der Waals surface area contributed by atoms with Crippen molar-refractivity contribution in [1.29, 1.82) is 0 Å². The lowest BCUT2D eigenvalue weighted by Gasteiger charge is -2.36. The highest BCUT2D eigenvalue weighted by Crippen LogP contribution is 2.27. The second-order valence-electron chi connectivity index (χ2n) is 7.15. The minimum Gasteiger partial charge on any atom is -0.481 e. The predicted molar refractivity (Wildman–Crippen MR) is 95.2 cm³/mol. The van der Waals surface area contributed by atoms with Gasteiger partial charge in [-0.05, 0) is 39.7 Å². The number of fused-ring (bicyclic) bond motifs is 1. The number of hydrogen-bond donors (Lipinski definition) is 2. The summed E-state index contributed by atoms with van der Waals surface area (Å²) in [6.45, 7) is 6.70. The van der Waals surface area contributed by atoms with E-state index in [-0.39, 0.29) is 18.4 Å². The highest BCUT2D eigenvalue weighted by atomic mass is 16.5. The molecule has 1 aliphatic heterocycles. The molecule has 8 heteroatoms. The zero-order valence-electron chi connectivity index (χ0n) is 15.3. The van der Waals surface area contributed by atoms with Crippen LogP contribution in [0.15, 0.2) is 12.3 Å². The molecule has 0 aromatic carbocycles. The molecule has 3 heterocycles. The molecule has 2 aromatic rings. The molecule has 2 N–H and O–H groups in total. The zero-order chi connectivity index (χ0) is 18.9. The number of carbonyl (C=O) groups excluding carboxylic acids is 1. The number of aryl methyl sites for hydroxylation is 1. The van der Waals surface area contributed by atoms with Crippen LogP contribution in [0.1, 0.15) is 55.2 Å². The number of carbonyl (C=O) groups is 2. The summed E-state index contributed by atoms with van der Waals surface area (Å²) in [5, 5.41) is 17.3. The Balaban J connectivity index is 1.97. The molecule has 1 saturated heterocycles. The average Bonchev–Trinajstić information content (AvgIpc) is 2.97. The first-order chi connectivity index (χ1) is 12.3. The van der Waals surface area contributed by atoms with Crippen LogP contribution in [0.2, 0.25) is 0 Å². The van der Waals surface area contributed by atoms with Gasteiger partial charge in [0, 0.05) is 24.9 Å². The SMILES string of the molecule is Cc1cc(C(=O)NC2(CC(=O)O)CCOCC2)c2cnn(C(C)C)c2n1. The van der Waals surface area contributed by atoms with Crippen molar-refractivity contribution in [3.63, 3.8) is 0 Å². The largest absolute Gasteiger partial charge is 0.481 e. The molecular weight excluding hydrogens is 336 g/mol. The first kappa shape index (κ1) is 18.3. The molecule has 1 fully saturated rings. The Morgan fingerprint density at radius 2 is 2.08 bits per heavy atom. The van der Waals surface area contributed by atoms with E-state index < -0.39 is 11.5 Å². The molecule has 0 unspecified atom stereocenters. The number of pyridine rings is 1. The maximum Gasteiger partial charge on any atom is 0.305 e. The van der Waals surface area contributed by atoms with Crippen LogP contribution in [0.4, 0.5) is 0 Å². The van der Waals surface area contributed by atoms with E-state index in [4.69, 9.17) is 4.74 Å². The van der Waals surface area contributed by atoms with E-state index in [1.54, 1.807) is 16.9 Å². The predicted octanol–water partition coefficient (Wildman–Crippen LogP) is 2.07. The van der Waals surface area contributed by atoms with Crippen molar-refractivity contribution in [3.05, 3.63) is 23.5 Å². The van der Waals surface area contributed by atoms with Gasteiger partial charge in [-0.15, -0.1) is 0 Å². The van der Waals surface area contributed by atoms with Crippen LogP contribution in [0.25, 0.3) is 11.0 Å². The number of carboxylic acid groups (broad SMARTS) is 1. The van der Waals surface area contributed by atoms with Crippen molar-refractivity contribution >= 4 is 22.9 Å². The maximum absolute atomic E-state index is 13.0. The summed E-state index contributed by atoms with van der Waals surface area (Å²) in [5.41, 5.74) is 1.04. The molecule has 0 radical (unpaired) electrons. The number of ether oxygens (including phenoxy) is 1. The fourth-order valence-corrected chi connectivity index (χ4v) is 3.41. The van der Waals surface area contributed by atoms with Gasteiger partial charge in [0.05, 0.1) is 29.1 Å². The molecule has 2 aromatic heterocycles. The maximum atomic E-state index is 13.0. The standard InChI is InChI=1S/C18H24N4O4/c1-11(2)22-16-14(10-19-22)13(8-12(3)20-16)17(25)21-18(9-15(23)24)4-6-26-7-5-18/h8,10-11H,4-7,9H2,1-3H3,(H,21,25)(H,23,24). The van der Waals surface area contributed by atoms with Gasteiger partial charge in [-0.2, -0.15) is 5.10 Å². The van der Waals surface area contributed by atoms with Crippen molar-refractivity contribution in [1.82, 2.24) is 20.1 Å². The van der Waals surface area contributed by atoms with Crippen LogP contribution in [0.3, 0.4) is 0 Å². The summed E-state index contributed by atoms with van der Waals surface area (Å²) in [4.78, 5) is 28.9. The van der Waals surface area contributed by atoms with Gasteiger partial charge in [0.1, 0.15) is 0 Å². The number of aliphatic carboxylic acids is 1. The number of carboxylic acids is 1. The quantitative estimate of drug-likeness (QED) is 0.845. The second-order valence-corrected chi connectivity index (χ2v) is 7.15. The van der Waals surface area contributed by atoms with Gasteiger partial charge >= 0.3 is 5.97 Å². The van der Waals surface area contributed by atoms with Crippen LogP contribution < -0.4 is 5.32 Å². The lowest BCUT2D eigenvalue weighted by Crippen LogP contribution is -2.53. The molecule has 0 aliphatic carbocycles. The highest BCUT2D eigenvalue weighted by Gasteiger charge is 2.37. The summed E-state index contributed by atoms with van der Waals surface area (Å²) in [5.74, 6) is -1.23. The zero-order valence-corrected chi connectivity index (χ0v) is 15.3. The van der Waals surface area contributed by atoms with Crippen molar-refractivity contribution in [2.24, 2.45) is 0 Å². The van der Waals surface area contributed by atoms with E-state index in [1.807, 2.05) is 20.8 Å². The lowest BCUT2D eigenvalue weighted by molar-refractivity contribution is -0.139. The molecular formula is C18H24N4O4. The lowest BCUT2D eigenvalue weighted by atomic mass is 9.86. The van der Waals surface area contributed by atoms with Gasteiger partial charge in [0.25, 0.3) is 5.91 Å². The highest BCUT2D eigenvalue weighted by molar-refractivity contribution is 6.06. The van der Waals surface area contributed by atoms with Gasteiger partial charge in [-0.1, -0.05) is 0 Å². The molecule has 0 spiro atoms. The van der Waals surface area contributed by atoms with Crippen LogP contribution in [0, 0.1) is 6.92 Å².